The fourth-order valence-electron chi connectivity index (χ4n) is 1.70. The largest absolute Gasteiger partial charge is 0.345 e. The van der Waals surface area contributed by atoms with Gasteiger partial charge in [-0.25, -0.2) is 0 Å². The van der Waals surface area contributed by atoms with Gasteiger partial charge in [0.15, 0.2) is 0 Å². The second kappa shape index (κ2) is 4.30. The molecule has 1 N–H and O–H groups in total. The zero-order valence-electron chi connectivity index (χ0n) is 9.76. The Morgan fingerprint density at radius 3 is 2.36 bits per heavy atom. The monoisotopic (exact) mass is 198 g/mol. The summed E-state index contributed by atoms with van der Waals surface area (Å²) in [5.74, 6) is 0.858. The summed E-state index contributed by atoms with van der Waals surface area (Å²) in [4.78, 5) is 13.6. The van der Waals surface area contributed by atoms with E-state index in [1.165, 1.54) is 0 Å². The summed E-state index contributed by atoms with van der Waals surface area (Å²) in [5, 5.41) is 3.18. The van der Waals surface area contributed by atoms with E-state index < -0.39 is 0 Å². The van der Waals surface area contributed by atoms with Crippen LogP contribution in [0.1, 0.15) is 27.2 Å². The molecule has 1 saturated heterocycles. The Labute approximate surface area is 86.9 Å². The molecule has 0 bridgehead atoms. The first-order chi connectivity index (χ1) is 6.38. The number of nitrogens with one attached hydrogen (secondary N) is 1. The number of nitrogens with zero attached hydrogens (tertiary/aromatic N) is 1. The van der Waals surface area contributed by atoms with E-state index >= 15 is 0 Å². The van der Waals surface area contributed by atoms with Gasteiger partial charge in [0, 0.05) is 20.0 Å². The van der Waals surface area contributed by atoms with Crippen molar-refractivity contribution < 1.29 is 4.79 Å². The molecule has 0 atom stereocenters. The van der Waals surface area contributed by atoms with Crippen molar-refractivity contribution in [2.24, 2.45) is 11.3 Å². The van der Waals surface area contributed by atoms with Gasteiger partial charge < -0.3 is 10.2 Å². The molecule has 14 heavy (non-hydrogen) atoms. The van der Waals surface area contributed by atoms with Crippen LogP contribution in [0.2, 0.25) is 0 Å². The summed E-state index contributed by atoms with van der Waals surface area (Å²) in [7, 11) is 1.90. The SMILES string of the molecule is CN(CC(C)(C)C)C(=O)CC1CNC1. The predicted molar refractivity (Wildman–Crippen MR) is 58.1 cm³/mol. The molecule has 0 aromatic carbocycles. The van der Waals surface area contributed by atoms with Crippen LogP contribution in [0.3, 0.4) is 0 Å². The van der Waals surface area contributed by atoms with Crippen LogP contribution in [0.15, 0.2) is 0 Å². The third kappa shape index (κ3) is 3.66. The number of amides is 1. The first-order valence-electron chi connectivity index (χ1n) is 5.33. The standard InChI is InChI=1S/C11H22N2O/c1-11(2,3)8-13(4)10(14)5-9-6-12-7-9/h9,12H,5-8H2,1-4H3. The predicted octanol–water partition coefficient (Wildman–Crippen LogP) is 1.10. The van der Waals surface area contributed by atoms with Gasteiger partial charge in [-0.3, -0.25) is 4.79 Å². The third-order valence-corrected chi connectivity index (χ3v) is 2.47. The lowest BCUT2D eigenvalue weighted by Crippen LogP contribution is -2.45. The molecular formula is C11H22N2O. The summed E-state index contributed by atoms with van der Waals surface area (Å²) >= 11 is 0. The average molecular weight is 198 g/mol. The van der Waals surface area contributed by atoms with Crippen LogP contribution in [0.25, 0.3) is 0 Å². The summed E-state index contributed by atoms with van der Waals surface area (Å²) < 4.78 is 0. The van der Waals surface area contributed by atoms with Gasteiger partial charge in [0.05, 0.1) is 0 Å². The van der Waals surface area contributed by atoms with Gasteiger partial charge in [0.1, 0.15) is 0 Å². The van der Waals surface area contributed by atoms with Crippen molar-refractivity contribution in [1.82, 2.24) is 10.2 Å². The highest BCUT2D eigenvalue weighted by molar-refractivity contribution is 5.76. The van der Waals surface area contributed by atoms with Gasteiger partial charge in [-0.05, 0) is 24.4 Å². The van der Waals surface area contributed by atoms with Crippen molar-refractivity contribution >= 4 is 5.91 Å². The summed E-state index contributed by atoms with van der Waals surface area (Å²) in [6.07, 6.45) is 0.708. The van der Waals surface area contributed by atoms with E-state index in [1.807, 2.05) is 11.9 Å². The highest BCUT2D eigenvalue weighted by atomic mass is 16.2. The molecule has 1 amide bonds. The highest BCUT2D eigenvalue weighted by Gasteiger charge is 2.23. The van der Waals surface area contributed by atoms with Crippen LogP contribution in [0.5, 0.6) is 0 Å². The Balaban J connectivity index is 2.28. The van der Waals surface area contributed by atoms with E-state index in [1.54, 1.807) is 0 Å². The number of carbonyl (C=O) groups is 1. The van der Waals surface area contributed by atoms with E-state index in [9.17, 15) is 4.79 Å². The van der Waals surface area contributed by atoms with Crippen LogP contribution in [-0.2, 0) is 4.79 Å². The molecule has 1 heterocycles. The lowest BCUT2D eigenvalue weighted by atomic mass is 9.95. The molecule has 3 heteroatoms. The number of rotatable bonds is 3. The van der Waals surface area contributed by atoms with Gasteiger partial charge in [-0.2, -0.15) is 0 Å². The molecule has 1 fully saturated rings. The van der Waals surface area contributed by atoms with Gasteiger partial charge in [0.25, 0.3) is 0 Å². The lowest BCUT2D eigenvalue weighted by molar-refractivity contribution is -0.132. The Morgan fingerprint density at radius 1 is 1.43 bits per heavy atom. The molecule has 0 spiro atoms. The Hall–Kier alpha value is -0.570. The summed E-state index contributed by atoms with van der Waals surface area (Å²) in [6.45, 7) is 9.32. The smallest absolute Gasteiger partial charge is 0.222 e. The zero-order valence-corrected chi connectivity index (χ0v) is 9.76. The van der Waals surface area contributed by atoms with Crippen molar-refractivity contribution in [1.29, 1.82) is 0 Å². The topological polar surface area (TPSA) is 32.3 Å². The third-order valence-electron chi connectivity index (χ3n) is 2.47. The molecule has 0 radical (unpaired) electrons. The van der Waals surface area contributed by atoms with Crippen molar-refractivity contribution in [3.63, 3.8) is 0 Å². The molecule has 82 valence electrons. The quantitative estimate of drug-likeness (QED) is 0.736. The Morgan fingerprint density at radius 2 is 2.00 bits per heavy atom. The molecule has 1 aliphatic rings. The number of hydrogen-bond acceptors (Lipinski definition) is 2. The zero-order chi connectivity index (χ0) is 10.8. The van der Waals surface area contributed by atoms with Crippen molar-refractivity contribution in [2.45, 2.75) is 27.2 Å². The number of carbonyl (C=O) groups excluding carboxylic acids is 1. The van der Waals surface area contributed by atoms with E-state index in [2.05, 4.69) is 26.1 Å². The molecule has 0 aromatic rings. The van der Waals surface area contributed by atoms with Gasteiger partial charge in [0.2, 0.25) is 5.91 Å². The maximum Gasteiger partial charge on any atom is 0.222 e. The summed E-state index contributed by atoms with van der Waals surface area (Å²) in [6, 6.07) is 0. The van der Waals surface area contributed by atoms with Crippen LogP contribution >= 0.6 is 0 Å². The molecule has 3 nitrogen and oxygen atoms in total. The van der Waals surface area contributed by atoms with Crippen LogP contribution in [0.4, 0.5) is 0 Å². The van der Waals surface area contributed by atoms with Crippen LogP contribution in [-0.4, -0.2) is 37.5 Å². The number of hydrogen-bond donors (Lipinski definition) is 1. The molecule has 0 saturated carbocycles. The van der Waals surface area contributed by atoms with E-state index in [0.717, 1.165) is 19.6 Å². The van der Waals surface area contributed by atoms with Crippen LogP contribution in [0, 0.1) is 11.3 Å². The minimum absolute atomic E-state index is 0.197. The fraction of sp³-hybridized carbons (Fsp3) is 0.909. The average Bonchev–Trinajstić information content (AvgIpc) is 1.92. The van der Waals surface area contributed by atoms with Gasteiger partial charge in [-0.1, -0.05) is 20.8 Å². The van der Waals surface area contributed by atoms with E-state index in [4.69, 9.17) is 0 Å². The van der Waals surface area contributed by atoms with Crippen LogP contribution < -0.4 is 5.32 Å². The maximum absolute atomic E-state index is 11.7. The molecule has 0 aliphatic carbocycles. The van der Waals surface area contributed by atoms with Gasteiger partial charge >= 0.3 is 0 Å². The second-order valence-electron chi connectivity index (χ2n) is 5.54. The molecule has 0 aromatic heterocycles. The van der Waals surface area contributed by atoms with Crippen molar-refractivity contribution in [3.05, 3.63) is 0 Å². The van der Waals surface area contributed by atoms with Gasteiger partial charge in [-0.15, -0.1) is 0 Å². The normalized spacial score (nSPS) is 17.7. The summed E-state index contributed by atoms with van der Waals surface area (Å²) in [5.41, 5.74) is 0.197. The molecule has 1 rings (SSSR count). The minimum Gasteiger partial charge on any atom is -0.345 e. The van der Waals surface area contributed by atoms with E-state index in [0.29, 0.717) is 12.3 Å². The first kappa shape index (κ1) is 11.5. The molecule has 0 unspecified atom stereocenters. The van der Waals surface area contributed by atoms with E-state index in [-0.39, 0.29) is 11.3 Å². The minimum atomic E-state index is 0.197. The second-order valence-corrected chi connectivity index (χ2v) is 5.54. The van der Waals surface area contributed by atoms with Crippen molar-refractivity contribution in [3.8, 4) is 0 Å². The Kier molecular flexibility index (Phi) is 3.53. The first-order valence-corrected chi connectivity index (χ1v) is 5.33. The maximum atomic E-state index is 11.7. The molecule has 1 aliphatic heterocycles. The highest BCUT2D eigenvalue weighted by Crippen LogP contribution is 2.16. The lowest BCUT2D eigenvalue weighted by Gasteiger charge is -2.31. The Bertz CT molecular complexity index is 204. The molecular weight excluding hydrogens is 176 g/mol. The van der Waals surface area contributed by atoms with Crippen molar-refractivity contribution in [2.75, 3.05) is 26.7 Å². The fourth-order valence-corrected chi connectivity index (χ4v) is 1.70.